The van der Waals surface area contributed by atoms with Crippen LogP contribution in [0, 0.1) is 11.8 Å². The molecule has 0 spiro atoms. The summed E-state index contributed by atoms with van der Waals surface area (Å²) in [5, 5.41) is 19.1. The molecular weight excluding hydrogens is 534 g/mol. The maximum atomic E-state index is 13.6. The standard InChI is InChI=1S/C32H43N5O5/c1-5-20(4)28(37-29(38)24(33)15-19(2)3)31(40)35-26(16-21-11-7-6-8-12-21)30(39)36-27(32(41)42)17-22-18-34-25-14-10-9-13-23(22)25/h6-14,18-20,24,26-28,34H,5,15-17,33H2,1-4H3,(H,35,40)(H,36,39)(H,37,38)(H,41,42). The average molecular weight is 578 g/mol. The van der Waals surface area contributed by atoms with E-state index in [2.05, 4.69) is 20.9 Å². The summed E-state index contributed by atoms with van der Waals surface area (Å²) in [6.07, 6.45) is 2.98. The lowest BCUT2D eigenvalue weighted by molar-refractivity contribution is -0.142. The predicted octanol–water partition coefficient (Wildman–Crippen LogP) is 2.91. The summed E-state index contributed by atoms with van der Waals surface area (Å²) < 4.78 is 0. The first-order valence-electron chi connectivity index (χ1n) is 14.5. The van der Waals surface area contributed by atoms with E-state index in [0.29, 0.717) is 12.8 Å². The van der Waals surface area contributed by atoms with Crippen molar-refractivity contribution < 1.29 is 24.3 Å². The second kappa shape index (κ2) is 15.2. The lowest BCUT2D eigenvalue weighted by atomic mass is 9.96. The van der Waals surface area contributed by atoms with Crippen molar-refractivity contribution in [2.24, 2.45) is 17.6 Å². The van der Waals surface area contributed by atoms with Crippen molar-refractivity contribution in [2.75, 3.05) is 0 Å². The molecule has 0 saturated carbocycles. The van der Waals surface area contributed by atoms with Crippen molar-refractivity contribution in [1.29, 1.82) is 0 Å². The summed E-state index contributed by atoms with van der Waals surface area (Å²) >= 11 is 0. The van der Waals surface area contributed by atoms with E-state index < -0.39 is 47.9 Å². The van der Waals surface area contributed by atoms with Crippen molar-refractivity contribution in [1.82, 2.24) is 20.9 Å². The van der Waals surface area contributed by atoms with Crippen molar-refractivity contribution in [3.63, 3.8) is 0 Å². The number of hydrogen-bond acceptors (Lipinski definition) is 5. The number of aromatic amines is 1. The first-order valence-corrected chi connectivity index (χ1v) is 14.5. The lowest BCUT2D eigenvalue weighted by Crippen LogP contribution is -2.59. The molecule has 5 atom stereocenters. The van der Waals surface area contributed by atoms with Crippen molar-refractivity contribution in [3.05, 3.63) is 71.9 Å². The summed E-state index contributed by atoms with van der Waals surface area (Å²) in [7, 11) is 0. The molecule has 10 heteroatoms. The summed E-state index contributed by atoms with van der Waals surface area (Å²) in [6.45, 7) is 7.66. The number of fused-ring (bicyclic) bond motifs is 1. The smallest absolute Gasteiger partial charge is 0.326 e. The van der Waals surface area contributed by atoms with Crippen LogP contribution in [0.3, 0.4) is 0 Å². The molecule has 10 nitrogen and oxygen atoms in total. The van der Waals surface area contributed by atoms with E-state index in [1.54, 1.807) is 6.20 Å². The minimum absolute atomic E-state index is 0.0520. The molecule has 0 fully saturated rings. The van der Waals surface area contributed by atoms with Gasteiger partial charge in [0.05, 0.1) is 6.04 Å². The molecule has 7 N–H and O–H groups in total. The Morgan fingerprint density at radius 3 is 2.12 bits per heavy atom. The number of aliphatic carboxylic acids is 1. The topological polar surface area (TPSA) is 166 Å². The second-order valence-electron chi connectivity index (χ2n) is 11.3. The van der Waals surface area contributed by atoms with Crippen LogP contribution in [0.15, 0.2) is 60.8 Å². The maximum Gasteiger partial charge on any atom is 0.326 e. The average Bonchev–Trinajstić information content (AvgIpc) is 3.37. The Morgan fingerprint density at radius 1 is 0.833 bits per heavy atom. The number of carbonyl (C=O) groups excluding carboxylic acids is 3. The predicted molar refractivity (Wildman–Crippen MR) is 162 cm³/mol. The van der Waals surface area contributed by atoms with E-state index in [4.69, 9.17) is 5.73 Å². The van der Waals surface area contributed by atoms with Gasteiger partial charge in [-0.2, -0.15) is 0 Å². The molecule has 0 aliphatic heterocycles. The first-order chi connectivity index (χ1) is 20.0. The molecule has 0 radical (unpaired) electrons. The molecule has 3 rings (SSSR count). The quantitative estimate of drug-likeness (QED) is 0.162. The zero-order chi connectivity index (χ0) is 30.8. The second-order valence-corrected chi connectivity index (χ2v) is 11.3. The molecule has 0 saturated heterocycles. The molecule has 1 heterocycles. The number of amides is 3. The summed E-state index contributed by atoms with van der Waals surface area (Å²) in [5.74, 6) is -2.83. The van der Waals surface area contributed by atoms with Crippen LogP contribution < -0.4 is 21.7 Å². The van der Waals surface area contributed by atoms with Crippen molar-refractivity contribution in [2.45, 2.75) is 77.5 Å². The molecule has 3 aromatic rings. The number of para-hydroxylation sites is 1. The third kappa shape index (κ3) is 8.91. The monoisotopic (exact) mass is 577 g/mol. The molecule has 2 aromatic carbocycles. The van der Waals surface area contributed by atoms with Gasteiger partial charge in [0.1, 0.15) is 18.1 Å². The first kappa shape index (κ1) is 32.3. The number of H-pyrrole nitrogens is 1. The zero-order valence-corrected chi connectivity index (χ0v) is 24.7. The van der Waals surface area contributed by atoms with Crippen LogP contribution in [0.5, 0.6) is 0 Å². The van der Waals surface area contributed by atoms with E-state index in [9.17, 15) is 24.3 Å². The van der Waals surface area contributed by atoms with Gasteiger partial charge in [0.25, 0.3) is 0 Å². The third-order valence-electron chi connectivity index (χ3n) is 7.48. The molecule has 42 heavy (non-hydrogen) atoms. The summed E-state index contributed by atoms with van der Waals surface area (Å²) in [5.41, 5.74) is 8.46. The van der Waals surface area contributed by atoms with E-state index in [1.165, 1.54) is 0 Å². The summed E-state index contributed by atoms with van der Waals surface area (Å²) in [6, 6.07) is 12.6. The Balaban J connectivity index is 1.82. The van der Waals surface area contributed by atoms with Gasteiger partial charge >= 0.3 is 5.97 Å². The normalized spacial score (nSPS) is 14.9. The van der Waals surface area contributed by atoms with Crippen LogP contribution in [-0.2, 0) is 32.0 Å². The highest BCUT2D eigenvalue weighted by molar-refractivity contribution is 5.94. The molecule has 226 valence electrons. The SMILES string of the molecule is CCC(C)C(NC(=O)C(N)CC(C)C)C(=O)NC(Cc1ccccc1)C(=O)NC(Cc1c[nH]c2ccccc12)C(=O)O. The Bertz CT molecular complexity index is 1360. The number of hydrogen-bond donors (Lipinski definition) is 6. The number of rotatable bonds is 15. The van der Waals surface area contributed by atoms with E-state index >= 15 is 0 Å². The molecule has 0 aliphatic carbocycles. The van der Waals surface area contributed by atoms with Crippen molar-refractivity contribution >= 4 is 34.6 Å². The third-order valence-corrected chi connectivity index (χ3v) is 7.48. The van der Waals surface area contributed by atoms with Gasteiger partial charge in [0.2, 0.25) is 17.7 Å². The van der Waals surface area contributed by atoms with Gasteiger partial charge in [-0.1, -0.05) is 82.6 Å². The molecular formula is C32H43N5O5. The highest BCUT2D eigenvalue weighted by Crippen LogP contribution is 2.19. The lowest BCUT2D eigenvalue weighted by Gasteiger charge is -2.28. The van der Waals surface area contributed by atoms with Gasteiger partial charge in [-0.05, 0) is 35.4 Å². The van der Waals surface area contributed by atoms with Crippen LogP contribution in [-0.4, -0.2) is 57.9 Å². The highest BCUT2D eigenvalue weighted by atomic mass is 16.4. The van der Waals surface area contributed by atoms with Gasteiger partial charge in [0.15, 0.2) is 0 Å². The molecule has 1 aromatic heterocycles. The largest absolute Gasteiger partial charge is 0.480 e. The van der Waals surface area contributed by atoms with Gasteiger partial charge in [0, 0.05) is 29.9 Å². The fourth-order valence-electron chi connectivity index (χ4n) is 4.89. The molecule has 0 aliphatic rings. The maximum absolute atomic E-state index is 13.6. The fourth-order valence-corrected chi connectivity index (χ4v) is 4.89. The van der Waals surface area contributed by atoms with Crippen LogP contribution in [0.1, 0.15) is 51.7 Å². The minimum atomic E-state index is -1.23. The van der Waals surface area contributed by atoms with E-state index in [0.717, 1.165) is 22.0 Å². The summed E-state index contributed by atoms with van der Waals surface area (Å²) in [4.78, 5) is 55.4. The zero-order valence-electron chi connectivity index (χ0n) is 24.7. The number of carboxylic acids is 1. The van der Waals surface area contributed by atoms with E-state index in [1.807, 2.05) is 82.3 Å². The van der Waals surface area contributed by atoms with Gasteiger partial charge in [-0.25, -0.2) is 4.79 Å². The van der Waals surface area contributed by atoms with Crippen molar-refractivity contribution in [3.8, 4) is 0 Å². The molecule has 5 unspecified atom stereocenters. The van der Waals surface area contributed by atoms with Gasteiger partial charge in [-0.15, -0.1) is 0 Å². The van der Waals surface area contributed by atoms with Crippen LogP contribution in [0.2, 0.25) is 0 Å². The molecule has 3 amide bonds. The minimum Gasteiger partial charge on any atom is -0.480 e. The number of aromatic nitrogens is 1. The highest BCUT2D eigenvalue weighted by Gasteiger charge is 2.33. The number of nitrogens with one attached hydrogen (secondary N) is 4. The molecule has 0 bridgehead atoms. The van der Waals surface area contributed by atoms with Crippen LogP contribution in [0.4, 0.5) is 0 Å². The van der Waals surface area contributed by atoms with Gasteiger partial charge in [-0.3, -0.25) is 14.4 Å². The Kier molecular flexibility index (Phi) is 11.7. The number of benzene rings is 2. The fraction of sp³-hybridized carbons (Fsp3) is 0.438. The number of nitrogens with two attached hydrogens (primary N) is 1. The van der Waals surface area contributed by atoms with E-state index in [-0.39, 0.29) is 24.7 Å². The Hall–Kier alpha value is -4.18. The van der Waals surface area contributed by atoms with Crippen LogP contribution >= 0.6 is 0 Å². The number of carboxylic acid groups (broad SMARTS) is 1. The van der Waals surface area contributed by atoms with Gasteiger partial charge < -0.3 is 31.8 Å². The Labute approximate surface area is 246 Å². The Morgan fingerprint density at radius 2 is 1.48 bits per heavy atom. The number of carbonyl (C=O) groups is 4. The van der Waals surface area contributed by atoms with Crippen LogP contribution in [0.25, 0.3) is 10.9 Å².